The van der Waals surface area contributed by atoms with Crippen LogP contribution in [0.5, 0.6) is 0 Å². The zero-order chi connectivity index (χ0) is 10.1. The molecular weight excluding hydrogens is 198 g/mol. The van der Waals surface area contributed by atoms with E-state index in [1.54, 1.807) is 11.3 Å². The molecule has 1 aromatic rings. The van der Waals surface area contributed by atoms with E-state index in [4.69, 9.17) is 0 Å². The van der Waals surface area contributed by atoms with E-state index in [0.717, 1.165) is 11.3 Å². The van der Waals surface area contributed by atoms with Gasteiger partial charge in [-0.2, -0.15) is 5.10 Å². The molecule has 5 heteroatoms. The normalized spacial score (nSPS) is 15.9. The Bertz CT molecular complexity index is 408. The van der Waals surface area contributed by atoms with Gasteiger partial charge in [0.1, 0.15) is 0 Å². The lowest BCUT2D eigenvalue weighted by Gasteiger charge is -2.13. The molecule has 74 valence electrons. The molecule has 0 aliphatic carbocycles. The molecule has 2 heterocycles. The lowest BCUT2D eigenvalue weighted by molar-refractivity contribution is 0.241. The van der Waals surface area contributed by atoms with Crippen molar-refractivity contribution in [3.63, 3.8) is 0 Å². The summed E-state index contributed by atoms with van der Waals surface area (Å²) in [7, 11) is 0. The van der Waals surface area contributed by atoms with Crippen molar-refractivity contribution in [1.29, 1.82) is 0 Å². The van der Waals surface area contributed by atoms with E-state index in [0.29, 0.717) is 6.54 Å². The Morgan fingerprint density at radius 2 is 2.29 bits per heavy atom. The van der Waals surface area contributed by atoms with Crippen LogP contribution in [0.15, 0.2) is 11.2 Å². The van der Waals surface area contributed by atoms with E-state index >= 15 is 0 Å². The first-order valence-electron chi connectivity index (χ1n) is 4.34. The Labute approximate surface area is 86.0 Å². The van der Waals surface area contributed by atoms with Gasteiger partial charge in [-0.05, 0) is 19.9 Å². The molecule has 0 unspecified atom stereocenters. The highest BCUT2D eigenvalue weighted by Gasteiger charge is 2.15. The lowest BCUT2D eigenvalue weighted by Crippen LogP contribution is -2.42. The fourth-order valence-electron chi connectivity index (χ4n) is 1.43. The summed E-state index contributed by atoms with van der Waals surface area (Å²) in [6.45, 7) is 4.63. The Hall–Kier alpha value is -1.36. The van der Waals surface area contributed by atoms with E-state index in [9.17, 15) is 4.79 Å². The number of urea groups is 1. The summed E-state index contributed by atoms with van der Waals surface area (Å²) in [4.78, 5) is 13.3. The van der Waals surface area contributed by atoms with Crippen LogP contribution in [-0.4, -0.2) is 18.3 Å². The highest BCUT2D eigenvalue weighted by atomic mass is 32.1. The highest BCUT2D eigenvalue weighted by molar-refractivity contribution is 7.12. The van der Waals surface area contributed by atoms with Gasteiger partial charge in [-0.3, -0.25) is 0 Å². The number of nitrogens with zero attached hydrogens (tertiary/aromatic N) is 1. The number of carbonyl (C=O) groups is 1. The second kappa shape index (κ2) is 3.42. The smallest absolute Gasteiger partial charge is 0.331 e. The minimum absolute atomic E-state index is 0.238. The van der Waals surface area contributed by atoms with E-state index in [1.807, 2.05) is 0 Å². The number of hydrogen-bond donors (Lipinski definition) is 2. The number of nitrogens with one attached hydrogen (secondary N) is 2. The van der Waals surface area contributed by atoms with Crippen molar-refractivity contribution in [2.45, 2.75) is 13.8 Å². The molecule has 1 aliphatic rings. The standard InChI is InChI=1S/C9H11N3OS/c1-5-3-7(6(2)14-5)8-4-10-9(13)12-11-8/h3H,4H2,1-2H3,(H2,10,12,13). The summed E-state index contributed by atoms with van der Waals surface area (Å²) in [5, 5.41) is 6.71. The Balaban J connectivity index is 2.31. The second-order valence-corrected chi connectivity index (χ2v) is 4.64. The van der Waals surface area contributed by atoms with Crippen molar-refractivity contribution in [3.8, 4) is 0 Å². The van der Waals surface area contributed by atoms with Gasteiger partial charge in [-0.25, -0.2) is 10.2 Å². The zero-order valence-corrected chi connectivity index (χ0v) is 8.86. The van der Waals surface area contributed by atoms with Crippen LogP contribution in [0.1, 0.15) is 15.3 Å². The van der Waals surface area contributed by atoms with Crippen LogP contribution < -0.4 is 10.7 Å². The van der Waals surface area contributed by atoms with Gasteiger partial charge in [-0.1, -0.05) is 0 Å². The van der Waals surface area contributed by atoms with E-state index < -0.39 is 0 Å². The number of amides is 2. The van der Waals surface area contributed by atoms with E-state index in [1.165, 1.54) is 9.75 Å². The van der Waals surface area contributed by atoms with Crippen LogP contribution in [0, 0.1) is 13.8 Å². The number of hydrogen-bond acceptors (Lipinski definition) is 3. The summed E-state index contributed by atoms with van der Waals surface area (Å²) in [6.07, 6.45) is 0. The fourth-order valence-corrected chi connectivity index (χ4v) is 2.38. The fraction of sp³-hybridized carbons (Fsp3) is 0.333. The third-order valence-corrected chi connectivity index (χ3v) is 3.03. The quantitative estimate of drug-likeness (QED) is 0.721. The van der Waals surface area contributed by atoms with Crippen LogP contribution in [0.2, 0.25) is 0 Å². The predicted octanol–water partition coefficient (Wildman–Crippen LogP) is 1.38. The molecule has 0 spiro atoms. The van der Waals surface area contributed by atoms with Crippen molar-refractivity contribution in [2.75, 3.05) is 6.54 Å². The molecule has 2 rings (SSSR count). The molecule has 0 saturated heterocycles. The van der Waals surface area contributed by atoms with Crippen LogP contribution in [0.3, 0.4) is 0 Å². The number of rotatable bonds is 1. The van der Waals surface area contributed by atoms with Crippen molar-refractivity contribution in [3.05, 3.63) is 21.4 Å². The van der Waals surface area contributed by atoms with Gasteiger partial charge in [0.25, 0.3) is 0 Å². The third-order valence-electron chi connectivity index (χ3n) is 2.06. The predicted molar refractivity (Wildman–Crippen MR) is 56.9 cm³/mol. The summed E-state index contributed by atoms with van der Waals surface area (Å²) < 4.78 is 0. The third kappa shape index (κ3) is 1.63. The summed E-state index contributed by atoms with van der Waals surface area (Å²) in [5.41, 5.74) is 4.43. The molecule has 14 heavy (non-hydrogen) atoms. The molecule has 4 nitrogen and oxygen atoms in total. The molecule has 0 radical (unpaired) electrons. The Kier molecular flexibility index (Phi) is 2.25. The molecule has 2 amide bonds. The first-order chi connectivity index (χ1) is 6.66. The maximum Gasteiger partial charge on any atom is 0.335 e. The Morgan fingerprint density at radius 1 is 1.50 bits per heavy atom. The van der Waals surface area contributed by atoms with Gasteiger partial charge >= 0.3 is 6.03 Å². The Morgan fingerprint density at radius 3 is 2.79 bits per heavy atom. The SMILES string of the molecule is Cc1cc(C2=NNC(=O)NC2)c(C)s1. The van der Waals surface area contributed by atoms with Crippen LogP contribution in [0.25, 0.3) is 0 Å². The topological polar surface area (TPSA) is 53.5 Å². The lowest BCUT2D eigenvalue weighted by atomic mass is 10.1. The number of carbonyl (C=O) groups excluding carboxylic acids is 1. The van der Waals surface area contributed by atoms with E-state index in [-0.39, 0.29) is 6.03 Å². The second-order valence-electron chi connectivity index (χ2n) is 3.18. The maximum atomic E-state index is 10.8. The average Bonchev–Trinajstić information content (AvgIpc) is 2.47. The van der Waals surface area contributed by atoms with Crippen LogP contribution >= 0.6 is 11.3 Å². The van der Waals surface area contributed by atoms with Gasteiger partial charge in [0.05, 0.1) is 12.3 Å². The first kappa shape index (κ1) is 9.21. The van der Waals surface area contributed by atoms with Gasteiger partial charge in [0.2, 0.25) is 0 Å². The van der Waals surface area contributed by atoms with Gasteiger partial charge in [-0.15, -0.1) is 11.3 Å². The van der Waals surface area contributed by atoms with Crippen LogP contribution in [-0.2, 0) is 0 Å². The molecule has 1 aliphatic heterocycles. The molecule has 0 bridgehead atoms. The summed E-state index contributed by atoms with van der Waals surface area (Å²) in [6, 6.07) is 1.86. The number of thiophene rings is 1. The largest absolute Gasteiger partial charge is 0.335 e. The van der Waals surface area contributed by atoms with E-state index in [2.05, 4.69) is 35.8 Å². The minimum Gasteiger partial charge on any atom is -0.331 e. The van der Waals surface area contributed by atoms with Gasteiger partial charge in [0, 0.05) is 15.3 Å². The van der Waals surface area contributed by atoms with Crippen molar-refractivity contribution >= 4 is 23.1 Å². The summed E-state index contributed by atoms with van der Waals surface area (Å²) in [5.74, 6) is 0. The molecule has 2 N–H and O–H groups in total. The minimum atomic E-state index is -0.238. The van der Waals surface area contributed by atoms with Gasteiger partial charge in [0.15, 0.2) is 0 Å². The van der Waals surface area contributed by atoms with Crippen LogP contribution in [0.4, 0.5) is 4.79 Å². The molecule has 0 fully saturated rings. The molecule has 0 saturated carbocycles. The van der Waals surface area contributed by atoms with Crippen molar-refractivity contribution < 1.29 is 4.79 Å². The van der Waals surface area contributed by atoms with Crippen molar-refractivity contribution in [1.82, 2.24) is 10.7 Å². The number of aryl methyl sites for hydroxylation is 2. The highest BCUT2D eigenvalue weighted by Crippen LogP contribution is 2.21. The molecular formula is C9H11N3OS. The first-order valence-corrected chi connectivity index (χ1v) is 5.16. The number of hydrazone groups is 1. The summed E-state index contributed by atoms with van der Waals surface area (Å²) >= 11 is 1.74. The monoisotopic (exact) mass is 209 g/mol. The zero-order valence-electron chi connectivity index (χ0n) is 8.05. The maximum absolute atomic E-state index is 10.8. The van der Waals surface area contributed by atoms with Crippen molar-refractivity contribution in [2.24, 2.45) is 5.10 Å². The molecule has 1 aromatic heterocycles. The van der Waals surface area contributed by atoms with Gasteiger partial charge < -0.3 is 5.32 Å². The molecule has 0 aromatic carbocycles. The molecule has 0 atom stereocenters. The average molecular weight is 209 g/mol.